The van der Waals surface area contributed by atoms with Gasteiger partial charge in [0.15, 0.2) is 0 Å². The first kappa shape index (κ1) is 14.8. The maximum absolute atomic E-state index is 11.5. The van der Waals surface area contributed by atoms with Crippen molar-refractivity contribution in [3.8, 4) is 0 Å². The molecule has 3 N–H and O–H groups in total. The molecule has 1 heterocycles. The van der Waals surface area contributed by atoms with Gasteiger partial charge in [0.25, 0.3) is 0 Å². The molecule has 0 saturated carbocycles. The minimum atomic E-state index is -0.425. The predicted octanol–water partition coefficient (Wildman–Crippen LogP) is 0.318. The van der Waals surface area contributed by atoms with Gasteiger partial charge in [-0.2, -0.15) is 0 Å². The Hall–Kier alpha value is -1.30. The van der Waals surface area contributed by atoms with E-state index in [-0.39, 0.29) is 17.9 Å². The van der Waals surface area contributed by atoms with Gasteiger partial charge in [-0.3, -0.25) is 4.79 Å². The van der Waals surface area contributed by atoms with Gasteiger partial charge in [-0.05, 0) is 25.8 Å². The molecule has 1 saturated heterocycles. The summed E-state index contributed by atoms with van der Waals surface area (Å²) >= 11 is 0. The SMILES string of the molecule is CCNC1CC(CC(=O)OCC)CN(C(N)=O)C1. The highest BCUT2D eigenvalue weighted by Crippen LogP contribution is 2.20. The second-order valence-electron chi connectivity index (χ2n) is 4.61. The topological polar surface area (TPSA) is 84.7 Å². The summed E-state index contributed by atoms with van der Waals surface area (Å²) in [6, 6.07) is -0.220. The van der Waals surface area contributed by atoms with Crippen molar-refractivity contribution in [1.29, 1.82) is 0 Å². The smallest absolute Gasteiger partial charge is 0.314 e. The molecule has 0 aliphatic carbocycles. The molecular weight excluding hydrogens is 234 g/mol. The van der Waals surface area contributed by atoms with Crippen LogP contribution >= 0.6 is 0 Å². The molecule has 1 fully saturated rings. The Bertz CT molecular complexity index is 296. The molecule has 18 heavy (non-hydrogen) atoms. The summed E-state index contributed by atoms with van der Waals surface area (Å²) in [5, 5.41) is 3.30. The van der Waals surface area contributed by atoms with E-state index in [1.165, 1.54) is 0 Å². The third kappa shape index (κ3) is 4.52. The van der Waals surface area contributed by atoms with Crippen molar-refractivity contribution in [2.24, 2.45) is 11.7 Å². The lowest BCUT2D eigenvalue weighted by atomic mass is 9.91. The van der Waals surface area contributed by atoms with Crippen LogP contribution < -0.4 is 11.1 Å². The van der Waals surface area contributed by atoms with Crippen molar-refractivity contribution in [3.05, 3.63) is 0 Å². The number of carbonyl (C=O) groups excluding carboxylic acids is 2. The second-order valence-corrected chi connectivity index (χ2v) is 4.61. The van der Waals surface area contributed by atoms with Gasteiger partial charge in [-0.25, -0.2) is 4.79 Å². The van der Waals surface area contributed by atoms with E-state index in [0.717, 1.165) is 13.0 Å². The van der Waals surface area contributed by atoms with Gasteiger partial charge in [0, 0.05) is 19.1 Å². The summed E-state index contributed by atoms with van der Waals surface area (Å²) in [5.41, 5.74) is 5.32. The minimum absolute atomic E-state index is 0.120. The van der Waals surface area contributed by atoms with E-state index in [1.807, 2.05) is 6.92 Å². The largest absolute Gasteiger partial charge is 0.466 e. The first-order valence-corrected chi connectivity index (χ1v) is 6.50. The number of esters is 1. The fraction of sp³-hybridized carbons (Fsp3) is 0.833. The zero-order chi connectivity index (χ0) is 13.5. The lowest BCUT2D eigenvalue weighted by Gasteiger charge is -2.36. The van der Waals surface area contributed by atoms with Gasteiger partial charge < -0.3 is 20.7 Å². The third-order valence-electron chi connectivity index (χ3n) is 3.10. The van der Waals surface area contributed by atoms with E-state index in [4.69, 9.17) is 10.5 Å². The Morgan fingerprint density at radius 2 is 2.11 bits per heavy atom. The number of ether oxygens (including phenoxy) is 1. The maximum Gasteiger partial charge on any atom is 0.314 e. The molecule has 2 atom stereocenters. The van der Waals surface area contributed by atoms with E-state index in [2.05, 4.69) is 5.32 Å². The summed E-state index contributed by atoms with van der Waals surface area (Å²) in [5.74, 6) is -0.0848. The Kier molecular flexibility index (Phi) is 5.91. The number of nitrogens with zero attached hydrogens (tertiary/aromatic N) is 1. The number of rotatable bonds is 5. The zero-order valence-corrected chi connectivity index (χ0v) is 11.1. The number of primary amides is 1. The molecule has 0 spiro atoms. The van der Waals surface area contributed by atoms with Crippen LogP contribution in [0.15, 0.2) is 0 Å². The van der Waals surface area contributed by atoms with Gasteiger partial charge >= 0.3 is 12.0 Å². The van der Waals surface area contributed by atoms with Crippen LogP contribution in [0.5, 0.6) is 0 Å². The highest BCUT2D eigenvalue weighted by atomic mass is 16.5. The van der Waals surface area contributed by atoms with Crippen molar-refractivity contribution in [2.75, 3.05) is 26.2 Å². The number of nitrogens with two attached hydrogens (primary N) is 1. The molecule has 2 unspecified atom stereocenters. The van der Waals surface area contributed by atoms with Gasteiger partial charge in [-0.15, -0.1) is 0 Å². The Morgan fingerprint density at radius 1 is 1.39 bits per heavy atom. The molecule has 0 aromatic rings. The molecule has 0 bridgehead atoms. The lowest BCUT2D eigenvalue weighted by molar-refractivity contribution is -0.144. The highest BCUT2D eigenvalue weighted by Gasteiger charge is 2.30. The zero-order valence-electron chi connectivity index (χ0n) is 11.1. The van der Waals surface area contributed by atoms with Crippen molar-refractivity contribution >= 4 is 12.0 Å². The standard InChI is InChI=1S/C12H23N3O3/c1-3-14-10-5-9(6-11(16)18-4-2)7-15(8-10)12(13)17/h9-10,14H,3-8H2,1-2H3,(H2,13,17). The van der Waals surface area contributed by atoms with Gasteiger partial charge in [0.2, 0.25) is 0 Å². The lowest BCUT2D eigenvalue weighted by Crippen LogP contribution is -2.53. The molecule has 6 heteroatoms. The van der Waals surface area contributed by atoms with Crippen LogP contribution in [0, 0.1) is 5.92 Å². The summed E-state index contributed by atoms with van der Waals surface area (Å²) in [4.78, 5) is 24.3. The number of piperidine rings is 1. The monoisotopic (exact) mass is 257 g/mol. The van der Waals surface area contributed by atoms with E-state index < -0.39 is 6.03 Å². The first-order valence-electron chi connectivity index (χ1n) is 6.50. The molecule has 2 amide bonds. The van der Waals surface area contributed by atoms with Gasteiger partial charge in [0.1, 0.15) is 0 Å². The summed E-state index contributed by atoms with van der Waals surface area (Å²) in [6.45, 7) is 6.18. The molecule has 0 aromatic heterocycles. The maximum atomic E-state index is 11.5. The average Bonchev–Trinajstić information content (AvgIpc) is 2.29. The van der Waals surface area contributed by atoms with Crippen molar-refractivity contribution in [2.45, 2.75) is 32.7 Å². The molecule has 104 valence electrons. The second kappa shape index (κ2) is 7.20. The van der Waals surface area contributed by atoms with E-state index >= 15 is 0 Å². The summed E-state index contributed by atoms with van der Waals surface area (Å²) < 4.78 is 4.94. The molecule has 1 aliphatic rings. The summed E-state index contributed by atoms with van der Waals surface area (Å²) in [7, 11) is 0. The van der Waals surface area contributed by atoms with Gasteiger partial charge in [-0.1, -0.05) is 6.92 Å². The fourth-order valence-electron chi connectivity index (χ4n) is 2.42. The van der Waals surface area contributed by atoms with Crippen LogP contribution in [0.3, 0.4) is 0 Å². The number of nitrogens with one attached hydrogen (secondary N) is 1. The van der Waals surface area contributed by atoms with Crippen molar-refractivity contribution in [1.82, 2.24) is 10.2 Å². The van der Waals surface area contributed by atoms with Crippen molar-refractivity contribution in [3.63, 3.8) is 0 Å². The van der Waals surface area contributed by atoms with Crippen molar-refractivity contribution < 1.29 is 14.3 Å². The van der Waals surface area contributed by atoms with Crippen LogP contribution in [-0.2, 0) is 9.53 Å². The minimum Gasteiger partial charge on any atom is -0.466 e. The Labute approximate surface area is 108 Å². The number of amides is 2. The predicted molar refractivity (Wildman–Crippen MR) is 68.0 cm³/mol. The molecule has 0 aromatic carbocycles. The number of hydrogen-bond donors (Lipinski definition) is 2. The number of urea groups is 1. The molecular formula is C12H23N3O3. The van der Waals surface area contributed by atoms with Gasteiger partial charge in [0.05, 0.1) is 13.0 Å². The van der Waals surface area contributed by atoms with Crippen LogP contribution in [0.1, 0.15) is 26.7 Å². The fourth-order valence-corrected chi connectivity index (χ4v) is 2.42. The number of likely N-dealkylation sites (tertiary alicyclic amines) is 1. The molecule has 1 aliphatic heterocycles. The number of carbonyl (C=O) groups is 2. The average molecular weight is 257 g/mol. The first-order chi connectivity index (χ1) is 8.56. The normalized spacial score (nSPS) is 23.8. The highest BCUT2D eigenvalue weighted by molar-refractivity contribution is 5.73. The quantitative estimate of drug-likeness (QED) is 0.695. The summed E-state index contributed by atoms with van der Waals surface area (Å²) in [6.07, 6.45) is 1.22. The molecule has 0 radical (unpaired) electrons. The Morgan fingerprint density at radius 3 is 2.67 bits per heavy atom. The van der Waals surface area contributed by atoms with Crippen LogP contribution in [0.4, 0.5) is 4.79 Å². The van der Waals surface area contributed by atoms with Crippen LogP contribution in [0.25, 0.3) is 0 Å². The third-order valence-corrected chi connectivity index (χ3v) is 3.10. The van der Waals surface area contributed by atoms with E-state index in [1.54, 1.807) is 11.8 Å². The Balaban J connectivity index is 2.55. The number of hydrogen-bond acceptors (Lipinski definition) is 4. The van der Waals surface area contributed by atoms with Crippen LogP contribution in [0.2, 0.25) is 0 Å². The van der Waals surface area contributed by atoms with E-state index in [9.17, 15) is 9.59 Å². The number of likely N-dealkylation sites (N-methyl/N-ethyl adjacent to an activating group) is 1. The van der Waals surface area contributed by atoms with E-state index in [0.29, 0.717) is 26.1 Å². The van der Waals surface area contributed by atoms with Crippen LogP contribution in [-0.4, -0.2) is 49.2 Å². The molecule has 1 rings (SSSR count). The molecule has 6 nitrogen and oxygen atoms in total.